The number of anilines is 1. The molecule has 0 aliphatic heterocycles. The maximum Gasteiger partial charge on any atom is 0.181 e. The molecule has 1 aromatic rings. The lowest BCUT2D eigenvalue weighted by Gasteiger charge is -2.03. The Bertz CT molecular complexity index is 416. The lowest BCUT2D eigenvalue weighted by Crippen LogP contribution is -2.19. The van der Waals surface area contributed by atoms with E-state index in [0.717, 1.165) is 11.3 Å². The molecule has 0 saturated carbocycles. The van der Waals surface area contributed by atoms with Gasteiger partial charge in [-0.2, -0.15) is 5.10 Å². The fourth-order valence-electron chi connectivity index (χ4n) is 1.18. The molecule has 1 aromatic carbocycles. The molecule has 16 heavy (non-hydrogen) atoms. The predicted molar refractivity (Wildman–Crippen MR) is 66.3 cm³/mol. The molecule has 4 heteroatoms. The van der Waals surface area contributed by atoms with E-state index in [1.165, 1.54) is 13.8 Å². The highest BCUT2D eigenvalue weighted by Gasteiger charge is 2.07. The number of hydrogen-bond donors (Lipinski definition) is 2. The van der Waals surface area contributed by atoms with Crippen LogP contribution in [0.5, 0.6) is 0 Å². The van der Waals surface area contributed by atoms with Crippen molar-refractivity contribution >= 4 is 22.9 Å². The molecule has 0 fully saturated rings. The van der Waals surface area contributed by atoms with Crippen LogP contribution in [0.15, 0.2) is 29.4 Å². The van der Waals surface area contributed by atoms with Crippen molar-refractivity contribution in [2.24, 2.45) is 5.10 Å². The SMILES string of the molecule is CC(=N)/C(=N\Nc1ccc(C)cc1)C(C)=O. The number of carbonyl (C=O) groups is 1. The van der Waals surface area contributed by atoms with Crippen molar-refractivity contribution in [3.8, 4) is 0 Å². The van der Waals surface area contributed by atoms with E-state index in [0.29, 0.717) is 0 Å². The number of ketones is 1. The molecule has 1 rings (SSSR count). The average molecular weight is 217 g/mol. The number of hydrogen-bond acceptors (Lipinski definition) is 4. The quantitative estimate of drug-likeness (QED) is 0.600. The van der Waals surface area contributed by atoms with Gasteiger partial charge in [-0.25, -0.2) is 0 Å². The van der Waals surface area contributed by atoms with Crippen LogP contribution in [-0.4, -0.2) is 17.2 Å². The number of Topliss-reactive ketones (excluding diaryl/α,β-unsaturated/α-hetero) is 1. The Morgan fingerprint density at radius 2 is 1.81 bits per heavy atom. The molecular weight excluding hydrogens is 202 g/mol. The number of carbonyl (C=O) groups excluding carboxylic acids is 1. The largest absolute Gasteiger partial charge is 0.303 e. The maximum atomic E-state index is 11.1. The highest BCUT2D eigenvalue weighted by Crippen LogP contribution is 2.08. The van der Waals surface area contributed by atoms with Crippen molar-refractivity contribution in [3.63, 3.8) is 0 Å². The van der Waals surface area contributed by atoms with E-state index in [1.54, 1.807) is 0 Å². The van der Waals surface area contributed by atoms with Gasteiger partial charge in [0.15, 0.2) is 5.78 Å². The van der Waals surface area contributed by atoms with Gasteiger partial charge in [0.05, 0.1) is 11.4 Å². The van der Waals surface area contributed by atoms with Gasteiger partial charge in [-0.05, 0) is 26.0 Å². The van der Waals surface area contributed by atoms with Gasteiger partial charge < -0.3 is 5.41 Å². The number of nitrogens with zero attached hydrogens (tertiary/aromatic N) is 1. The predicted octanol–water partition coefficient (Wildman–Crippen LogP) is 2.39. The first-order valence-electron chi connectivity index (χ1n) is 4.97. The smallest absolute Gasteiger partial charge is 0.181 e. The fourth-order valence-corrected chi connectivity index (χ4v) is 1.18. The summed E-state index contributed by atoms with van der Waals surface area (Å²) in [5.41, 5.74) is 5.03. The molecule has 4 nitrogen and oxygen atoms in total. The summed E-state index contributed by atoms with van der Waals surface area (Å²) in [5.74, 6) is -0.216. The molecule has 0 radical (unpaired) electrons. The van der Waals surface area contributed by atoms with Gasteiger partial charge in [0.1, 0.15) is 5.71 Å². The van der Waals surface area contributed by atoms with Crippen molar-refractivity contribution < 1.29 is 4.79 Å². The molecule has 2 N–H and O–H groups in total. The monoisotopic (exact) mass is 217 g/mol. The van der Waals surface area contributed by atoms with Gasteiger partial charge in [0, 0.05) is 6.92 Å². The maximum absolute atomic E-state index is 11.1. The van der Waals surface area contributed by atoms with E-state index in [4.69, 9.17) is 5.41 Å². The molecule has 0 bridgehead atoms. The molecule has 0 saturated heterocycles. The molecule has 0 aromatic heterocycles. The third kappa shape index (κ3) is 3.31. The first kappa shape index (κ1) is 12.1. The van der Waals surface area contributed by atoms with Crippen LogP contribution in [0.4, 0.5) is 5.69 Å². The minimum atomic E-state index is -0.216. The summed E-state index contributed by atoms with van der Waals surface area (Å²) < 4.78 is 0. The Balaban J connectivity index is 2.81. The van der Waals surface area contributed by atoms with Crippen molar-refractivity contribution in [1.29, 1.82) is 5.41 Å². The van der Waals surface area contributed by atoms with Crippen LogP contribution >= 0.6 is 0 Å². The first-order chi connectivity index (χ1) is 7.50. The number of nitrogens with one attached hydrogen (secondary N) is 2. The molecular formula is C12H15N3O. The molecule has 0 aliphatic carbocycles. The van der Waals surface area contributed by atoms with Crippen LogP contribution in [0.1, 0.15) is 19.4 Å². The van der Waals surface area contributed by atoms with Crippen LogP contribution in [0.2, 0.25) is 0 Å². The Labute approximate surface area is 94.9 Å². The highest BCUT2D eigenvalue weighted by molar-refractivity contribution is 6.66. The number of aryl methyl sites for hydroxylation is 1. The van der Waals surface area contributed by atoms with Crippen molar-refractivity contribution in [1.82, 2.24) is 0 Å². The summed E-state index contributed by atoms with van der Waals surface area (Å²) in [7, 11) is 0. The molecule has 0 aliphatic rings. The van der Waals surface area contributed by atoms with Crippen LogP contribution < -0.4 is 5.43 Å². The van der Waals surface area contributed by atoms with Gasteiger partial charge in [0.25, 0.3) is 0 Å². The average Bonchev–Trinajstić information content (AvgIpc) is 2.20. The Kier molecular flexibility index (Phi) is 3.94. The Hall–Kier alpha value is -1.97. The zero-order valence-electron chi connectivity index (χ0n) is 9.66. The van der Waals surface area contributed by atoms with Crippen LogP contribution in [0.25, 0.3) is 0 Å². The Morgan fingerprint density at radius 3 is 2.25 bits per heavy atom. The van der Waals surface area contributed by atoms with Crippen LogP contribution in [0.3, 0.4) is 0 Å². The van der Waals surface area contributed by atoms with Gasteiger partial charge in [0.2, 0.25) is 0 Å². The standard InChI is InChI=1S/C12H15N3O/c1-8-4-6-11(7-5-8)14-15-12(9(2)13)10(3)16/h4-7,13-14H,1-3H3/b13-9?,15-12+. The van der Waals surface area contributed by atoms with Gasteiger partial charge in [-0.15, -0.1) is 0 Å². The number of benzene rings is 1. The first-order valence-corrected chi connectivity index (χ1v) is 4.97. The summed E-state index contributed by atoms with van der Waals surface area (Å²) in [5, 5.41) is 11.3. The van der Waals surface area contributed by atoms with E-state index in [1.807, 2.05) is 31.2 Å². The van der Waals surface area contributed by atoms with E-state index in [9.17, 15) is 4.79 Å². The second-order valence-electron chi connectivity index (χ2n) is 3.62. The third-order valence-corrected chi connectivity index (χ3v) is 2.04. The van der Waals surface area contributed by atoms with E-state index < -0.39 is 0 Å². The zero-order chi connectivity index (χ0) is 12.1. The lowest BCUT2D eigenvalue weighted by molar-refractivity contribution is -0.110. The minimum Gasteiger partial charge on any atom is -0.303 e. The molecule has 0 unspecified atom stereocenters. The van der Waals surface area contributed by atoms with E-state index in [-0.39, 0.29) is 17.2 Å². The zero-order valence-corrected chi connectivity index (χ0v) is 9.66. The summed E-state index contributed by atoms with van der Waals surface area (Å²) in [4.78, 5) is 11.1. The van der Waals surface area contributed by atoms with E-state index in [2.05, 4.69) is 10.5 Å². The second kappa shape index (κ2) is 5.21. The van der Waals surface area contributed by atoms with Crippen molar-refractivity contribution in [3.05, 3.63) is 29.8 Å². The summed E-state index contributed by atoms with van der Waals surface area (Å²) in [6.07, 6.45) is 0. The highest BCUT2D eigenvalue weighted by atomic mass is 16.1. The number of rotatable bonds is 4. The van der Waals surface area contributed by atoms with Crippen LogP contribution in [-0.2, 0) is 4.79 Å². The fraction of sp³-hybridized carbons (Fsp3) is 0.250. The molecule has 0 spiro atoms. The normalized spacial score (nSPS) is 11.1. The second-order valence-corrected chi connectivity index (χ2v) is 3.62. The molecule has 0 heterocycles. The summed E-state index contributed by atoms with van der Waals surface area (Å²) in [6, 6.07) is 7.64. The number of hydrazone groups is 1. The third-order valence-electron chi connectivity index (χ3n) is 2.04. The van der Waals surface area contributed by atoms with Gasteiger partial charge in [-0.1, -0.05) is 17.7 Å². The lowest BCUT2D eigenvalue weighted by atomic mass is 10.2. The topological polar surface area (TPSA) is 65.3 Å². The van der Waals surface area contributed by atoms with Crippen LogP contribution in [0, 0.1) is 12.3 Å². The summed E-state index contributed by atoms with van der Waals surface area (Å²) >= 11 is 0. The Morgan fingerprint density at radius 1 is 1.25 bits per heavy atom. The van der Waals surface area contributed by atoms with Crippen molar-refractivity contribution in [2.45, 2.75) is 20.8 Å². The minimum absolute atomic E-state index is 0.153. The van der Waals surface area contributed by atoms with Crippen molar-refractivity contribution in [2.75, 3.05) is 5.43 Å². The molecule has 0 amide bonds. The van der Waals surface area contributed by atoms with Gasteiger partial charge >= 0.3 is 0 Å². The molecule has 0 atom stereocenters. The summed E-state index contributed by atoms with van der Waals surface area (Å²) in [6.45, 7) is 4.93. The van der Waals surface area contributed by atoms with E-state index >= 15 is 0 Å². The van der Waals surface area contributed by atoms with Gasteiger partial charge in [-0.3, -0.25) is 10.2 Å². The molecule has 84 valence electrons.